The number of nitrogens with one attached hydrogen (secondary N) is 1. The summed E-state index contributed by atoms with van der Waals surface area (Å²) in [6, 6.07) is 14.4. The molecule has 166 valence electrons. The van der Waals surface area contributed by atoms with Gasteiger partial charge in [-0.25, -0.2) is 10.2 Å². The maximum absolute atomic E-state index is 12.1. The van der Waals surface area contributed by atoms with Gasteiger partial charge < -0.3 is 13.9 Å². The van der Waals surface area contributed by atoms with Crippen molar-refractivity contribution in [3.8, 4) is 17.1 Å². The highest BCUT2D eigenvalue weighted by Crippen LogP contribution is 2.25. The van der Waals surface area contributed by atoms with Crippen molar-refractivity contribution < 1.29 is 23.5 Å². The second-order valence-electron chi connectivity index (χ2n) is 7.24. The fourth-order valence-electron chi connectivity index (χ4n) is 3.05. The van der Waals surface area contributed by atoms with Crippen LogP contribution >= 0.6 is 0 Å². The summed E-state index contributed by atoms with van der Waals surface area (Å²) in [6.45, 7) is 7.86. The molecule has 2 aromatic carbocycles. The molecule has 1 N–H and O–H groups in total. The molecule has 0 saturated carbocycles. The maximum Gasteiger partial charge on any atom is 0.338 e. The molecule has 7 nitrogen and oxygen atoms in total. The van der Waals surface area contributed by atoms with Gasteiger partial charge >= 0.3 is 5.97 Å². The van der Waals surface area contributed by atoms with Crippen LogP contribution in [0.25, 0.3) is 11.3 Å². The summed E-state index contributed by atoms with van der Waals surface area (Å²) in [5.41, 5.74) is 6.80. The molecule has 7 heteroatoms. The van der Waals surface area contributed by atoms with E-state index in [4.69, 9.17) is 13.9 Å². The Kier molecular flexibility index (Phi) is 7.44. The van der Waals surface area contributed by atoms with Gasteiger partial charge in [-0.15, -0.1) is 0 Å². The number of furan rings is 1. The van der Waals surface area contributed by atoms with Gasteiger partial charge in [-0.05, 0) is 68.7 Å². The molecule has 0 aliphatic heterocycles. The van der Waals surface area contributed by atoms with Crippen molar-refractivity contribution >= 4 is 18.1 Å². The Morgan fingerprint density at radius 1 is 1.00 bits per heavy atom. The van der Waals surface area contributed by atoms with E-state index in [9.17, 15) is 9.59 Å². The SMILES string of the molecule is CCOC(=O)c1ccc(-c2ccc(/C=N/NC(=O)COc3c(C)ccc(C)c3C)o2)cc1. The van der Waals surface area contributed by atoms with E-state index in [1.165, 1.54) is 6.21 Å². The zero-order chi connectivity index (χ0) is 23.1. The summed E-state index contributed by atoms with van der Waals surface area (Å²) in [5, 5.41) is 3.92. The largest absolute Gasteiger partial charge is 0.483 e. The van der Waals surface area contributed by atoms with Gasteiger partial charge in [0.05, 0.1) is 18.4 Å². The Morgan fingerprint density at radius 3 is 2.44 bits per heavy atom. The molecule has 1 amide bonds. The third kappa shape index (κ3) is 5.63. The molecular formula is C25H26N2O5. The summed E-state index contributed by atoms with van der Waals surface area (Å²) in [7, 11) is 0. The molecule has 1 aromatic heterocycles. The fourth-order valence-corrected chi connectivity index (χ4v) is 3.05. The molecule has 3 rings (SSSR count). The number of nitrogens with zero attached hydrogens (tertiary/aromatic N) is 1. The maximum atomic E-state index is 12.1. The quantitative estimate of drug-likeness (QED) is 0.318. The van der Waals surface area contributed by atoms with Crippen molar-refractivity contribution in [3.63, 3.8) is 0 Å². The third-order valence-electron chi connectivity index (χ3n) is 4.91. The van der Waals surface area contributed by atoms with Crippen molar-refractivity contribution in [1.29, 1.82) is 0 Å². The zero-order valence-electron chi connectivity index (χ0n) is 18.6. The standard InChI is InChI=1S/C25H26N2O5/c1-5-30-25(29)20-10-8-19(9-11-20)22-13-12-21(32-22)14-26-27-23(28)15-31-24-17(3)7-6-16(2)18(24)4/h6-14H,5,15H2,1-4H3,(H,27,28)/b26-14+. The second-order valence-corrected chi connectivity index (χ2v) is 7.24. The van der Waals surface area contributed by atoms with Gasteiger partial charge in [0.2, 0.25) is 0 Å². The number of ether oxygens (including phenoxy) is 2. The van der Waals surface area contributed by atoms with Gasteiger partial charge in [-0.1, -0.05) is 24.3 Å². The molecule has 0 saturated heterocycles. The van der Waals surface area contributed by atoms with Gasteiger partial charge in [0.25, 0.3) is 5.91 Å². The summed E-state index contributed by atoms with van der Waals surface area (Å²) < 4.78 is 16.4. The third-order valence-corrected chi connectivity index (χ3v) is 4.91. The lowest BCUT2D eigenvalue weighted by Crippen LogP contribution is -2.25. The summed E-state index contributed by atoms with van der Waals surface area (Å²) in [4.78, 5) is 23.8. The van der Waals surface area contributed by atoms with Crippen LogP contribution in [0, 0.1) is 20.8 Å². The molecule has 3 aromatic rings. The molecule has 0 aliphatic rings. The molecule has 0 aliphatic carbocycles. The van der Waals surface area contributed by atoms with Crippen molar-refractivity contribution in [2.75, 3.05) is 13.2 Å². The van der Waals surface area contributed by atoms with Crippen molar-refractivity contribution in [3.05, 3.63) is 76.5 Å². The second kappa shape index (κ2) is 10.4. The number of esters is 1. The molecule has 32 heavy (non-hydrogen) atoms. The van der Waals surface area contributed by atoms with E-state index in [1.54, 1.807) is 43.3 Å². The minimum absolute atomic E-state index is 0.140. The highest BCUT2D eigenvalue weighted by atomic mass is 16.5. The van der Waals surface area contributed by atoms with E-state index < -0.39 is 0 Å². The van der Waals surface area contributed by atoms with Gasteiger partial charge in [0.1, 0.15) is 17.3 Å². The zero-order valence-corrected chi connectivity index (χ0v) is 18.6. The highest BCUT2D eigenvalue weighted by molar-refractivity contribution is 5.90. The number of aryl methyl sites for hydroxylation is 2. The Morgan fingerprint density at radius 2 is 1.72 bits per heavy atom. The van der Waals surface area contributed by atoms with E-state index in [-0.39, 0.29) is 18.5 Å². The van der Waals surface area contributed by atoms with Crippen LogP contribution in [0.4, 0.5) is 0 Å². The fraction of sp³-hybridized carbons (Fsp3) is 0.240. The molecule has 0 unspecified atom stereocenters. The number of carbonyl (C=O) groups excluding carboxylic acids is 2. The van der Waals surface area contributed by atoms with Crippen LogP contribution in [0.3, 0.4) is 0 Å². The number of hydrazone groups is 1. The molecule has 0 spiro atoms. The topological polar surface area (TPSA) is 90.1 Å². The van der Waals surface area contributed by atoms with E-state index in [1.807, 2.05) is 32.9 Å². The Hall–Kier alpha value is -3.87. The summed E-state index contributed by atoms with van der Waals surface area (Å²) in [6.07, 6.45) is 1.41. The lowest BCUT2D eigenvalue weighted by molar-refractivity contribution is -0.123. The Labute approximate surface area is 187 Å². The lowest BCUT2D eigenvalue weighted by atomic mass is 10.1. The van der Waals surface area contributed by atoms with E-state index in [2.05, 4.69) is 10.5 Å². The molecule has 0 bridgehead atoms. The van der Waals surface area contributed by atoms with Crippen molar-refractivity contribution in [1.82, 2.24) is 5.43 Å². The molecule has 0 radical (unpaired) electrons. The van der Waals surface area contributed by atoms with Gasteiger partial charge in [-0.2, -0.15) is 5.10 Å². The predicted molar refractivity (Wildman–Crippen MR) is 122 cm³/mol. The molecule has 0 fully saturated rings. The predicted octanol–water partition coefficient (Wildman–Crippen LogP) is 4.58. The minimum Gasteiger partial charge on any atom is -0.483 e. The van der Waals surface area contributed by atoms with Crippen molar-refractivity contribution in [2.45, 2.75) is 27.7 Å². The average Bonchev–Trinajstić information content (AvgIpc) is 3.25. The first-order valence-corrected chi connectivity index (χ1v) is 10.3. The van der Waals surface area contributed by atoms with Crippen LogP contribution in [0.5, 0.6) is 5.75 Å². The van der Waals surface area contributed by atoms with E-state index in [0.717, 1.165) is 22.3 Å². The number of amides is 1. The van der Waals surface area contributed by atoms with Crippen LogP contribution in [0.15, 0.2) is 58.0 Å². The normalized spacial score (nSPS) is 10.9. The first kappa shape index (κ1) is 22.8. The minimum atomic E-state index is -0.372. The van der Waals surface area contributed by atoms with Gasteiger partial charge in [-0.3, -0.25) is 4.79 Å². The number of hydrogen-bond donors (Lipinski definition) is 1. The molecular weight excluding hydrogens is 408 g/mol. The number of carbonyl (C=O) groups is 2. The first-order chi connectivity index (χ1) is 15.4. The average molecular weight is 434 g/mol. The van der Waals surface area contributed by atoms with Crippen LogP contribution in [0.1, 0.15) is 39.7 Å². The van der Waals surface area contributed by atoms with Gasteiger partial charge in [0.15, 0.2) is 6.61 Å². The Bertz CT molecular complexity index is 1130. The van der Waals surface area contributed by atoms with Crippen LogP contribution in [0.2, 0.25) is 0 Å². The monoisotopic (exact) mass is 434 g/mol. The number of benzene rings is 2. The number of hydrogen-bond acceptors (Lipinski definition) is 6. The highest BCUT2D eigenvalue weighted by Gasteiger charge is 2.10. The summed E-state index contributed by atoms with van der Waals surface area (Å²) in [5.74, 6) is 1.07. The van der Waals surface area contributed by atoms with E-state index >= 15 is 0 Å². The number of rotatable bonds is 8. The summed E-state index contributed by atoms with van der Waals surface area (Å²) >= 11 is 0. The molecule has 0 atom stereocenters. The van der Waals surface area contributed by atoms with Crippen molar-refractivity contribution in [2.24, 2.45) is 5.10 Å². The van der Waals surface area contributed by atoms with E-state index in [0.29, 0.717) is 29.4 Å². The van der Waals surface area contributed by atoms with Crippen LogP contribution in [-0.2, 0) is 9.53 Å². The smallest absolute Gasteiger partial charge is 0.338 e. The molecule has 1 heterocycles. The van der Waals surface area contributed by atoms with Crippen LogP contribution in [-0.4, -0.2) is 31.3 Å². The Balaban J connectivity index is 1.54. The first-order valence-electron chi connectivity index (χ1n) is 10.3. The van der Waals surface area contributed by atoms with Gasteiger partial charge in [0, 0.05) is 5.56 Å². The lowest BCUT2D eigenvalue weighted by Gasteiger charge is -2.13. The van der Waals surface area contributed by atoms with Crippen LogP contribution < -0.4 is 10.2 Å².